The molecule has 0 fully saturated rings. The van der Waals surface area contributed by atoms with Gasteiger partial charge in [-0.05, 0) is 79.2 Å². The molecule has 1 N–H and O–H groups in total. The third kappa shape index (κ3) is 7.20. The van der Waals surface area contributed by atoms with E-state index >= 15 is 0 Å². The Bertz CT molecular complexity index is 1190. The van der Waals surface area contributed by atoms with Gasteiger partial charge in [-0.1, -0.05) is 12.7 Å². The summed E-state index contributed by atoms with van der Waals surface area (Å²) >= 11 is 0. The normalized spacial score (nSPS) is 10.5. The molecule has 0 atom stereocenters. The summed E-state index contributed by atoms with van der Waals surface area (Å²) in [7, 11) is 1.55. The first kappa shape index (κ1) is 25.0. The highest BCUT2D eigenvalue weighted by Gasteiger charge is 2.13. The van der Waals surface area contributed by atoms with E-state index in [1.165, 1.54) is 6.21 Å². The number of hydrogen-bond acceptors (Lipinski definition) is 7. The monoisotopic (exact) mass is 474 g/mol. The fourth-order valence-corrected chi connectivity index (χ4v) is 2.93. The summed E-state index contributed by atoms with van der Waals surface area (Å²) in [5, 5.41) is 4.00. The van der Waals surface area contributed by atoms with Gasteiger partial charge < -0.3 is 18.9 Å². The SMILES string of the molecule is C=CCOc1ccc(C(=O)N/N=C\c2ccc(OC(=O)c3ccc(OC)cc3)c(OCC)c2)cc1. The summed E-state index contributed by atoms with van der Waals surface area (Å²) in [4.78, 5) is 24.8. The second-order valence-corrected chi connectivity index (χ2v) is 7.08. The molecular weight excluding hydrogens is 448 g/mol. The predicted molar refractivity (Wildman–Crippen MR) is 133 cm³/mol. The van der Waals surface area contributed by atoms with E-state index in [9.17, 15) is 9.59 Å². The molecule has 0 aromatic heterocycles. The minimum Gasteiger partial charge on any atom is -0.497 e. The number of carbonyl (C=O) groups is 2. The summed E-state index contributed by atoms with van der Waals surface area (Å²) in [6, 6.07) is 18.2. The number of carbonyl (C=O) groups excluding carboxylic acids is 2. The zero-order valence-electron chi connectivity index (χ0n) is 19.5. The number of nitrogens with one attached hydrogen (secondary N) is 1. The van der Waals surface area contributed by atoms with Crippen LogP contribution in [-0.2, 0) is 0 Å². The number of hydrogen-bond donors (Lipinski definition) is 1. The van der Waals surface area contributed by atoms with Crippen LogP contribution >= 0.6 is 0 Å². The van der Waals surface area contributed by atoms with Gasteiger partial charge in [0.25, 0.3) is 5.91 Å². The summed E-state index contributed by atoms with van der Waals surface area (Å²) < 4.78 is 21.6. The van der Waals surface area contributed by atoms with Crippen LogP contribution in [-0.4, -0.2) is 38.4 Å². The molecule has 0 heterocycles. The highest BCUT2D eigenvalue weighted by Crippen LogP contribution is 2.29. The zero-order chi connectivity index (χ0) is 25.0. The fraction of sp³-hybridized carbons (Fsp3) is 0.148. The van der Waals surface area contributed by atoms with E-state index in [4.69, 9.17) is 18.9 Å². The first-order valence-electron chi connectivity index (χ1n) is 10.8. The summed E-state index contributed by atoms with van der Waals surface area (Å²) in [6.45, 7) is 6.18. The van der Waals surface area contributed by atoms with E-state index in [0.29, 0.717) is 47.2 Å². The van der Waals surface area contributed by atoms with Crippen LogP contribution in [0.5, 0.6) is 23.0 Å². The minimum atomic E-state index is -0.525. The van der Waals surface area contributed by atoms with Crippen molar-refractivity contribution in [1.82, 2.24) is 5.43 Å². The molecule has 8 nitrogen and oxygen atoms in total. The van der Waals surface area contributed by atoms with Crippen molar-refractivity contribution < 1.29 is 28.5 Å². The fourth-order valence-electron chi connectivity index (χ4n) is 2.93. The number of benzene rings is 3. The highest BCUT2D eigenvalue weighted by molar-refractivity contribution is 5.95. The molecule has 0 saturated heterocycles. The molecule has 0 unspecified atom stereocenters. The van der Waals surface area contributed by atoms with E-state index in [0.717, 1.165) is 0 Å². The van der Waals surface area contributed by atoms with Gasteiger partial charge in [-0.3, -0.25) is 4.79 Å². The van der Waals surface area contributed by atoms with Crippen molar-refractivity contribution in [3.05, 3.63) is 96.1 Å². The van der Waals surface area contributed by atoms with E-state index in [2.05, 4.69) is 17.1 Å². The highest BCUT2D eigenvalue weighted by atomic mass is 16.6. The number of hydrazone groups is 1. The molecule has 3 aromatic rings. The number of esters is 1. The Morgan fingerprint density at radius 1 is 0.914 bits per heavy atom. The van der Waals surface area contributed by atoms with Crippen molar-refractivity contribution >= 4 is 18.1 Å². The Morgan fingerprint density at radius 3 is 2.26 bits per heavy atom. The number of ether oxygens (including phenoxy) is 4. The Balaban J connectivity index is 1.64. The van der Waals surface area contributed by atoms with Gasteiger partial charge in [-0.2, -0.15) is 5.10 Å². The number of nitrogens with zero attached hydrogens (tertiary/aromatic N) is 1. The summed E-state index contributed by atoms with van der Waals surface area (Å²) in [5.41, 5.74) is 3.93. The van der Waals surface area contributed by atoms with Crippen molar-refractivity contribution in [2.75, 3.05) is 20.3 Å². The first-order valence-corrected chi connectivity index (χ1v) is 10.8. The van der Waals surface area contributed by atoms with Crippen molar-refractivity contribution in [3.8, 4) is 23.0 Å². The van der Waals surface area contributed by atoms with E-state index in [1.54, 1.807) is 79.9 Å². The molecule has 0 aliphatic rings. The average molecular weight is 475 g/mol. The zero-order valence-corrected chi connectivity index (χ0v) is 19.5. The Hall–Kier alpha value is -4.59. The van der Waals surface area contributed by atoms with Gasteiger partial charge in [0.2, 0.25) is 0 Å². The van der Waals surface area contributed by atoms with E-state index in [-0.39, 0.29) is 11.7 Å². The largest absolute Gasteiger partial charge is 0.497 e. The lowest BCUT2D eigenvalue weighted by molar-refractivity contribution is 0.0728. The third-order valence-corrected chi connectivity index (χ3v) is 4.66. The van der Waals surface area contributed by atoms with Crippen LogP contribution in [0.4, 0.5) is 0 Å². The maximum Gasteiger partial charge on any atom is 0.343 e. The molecule has 0 bridgehead atoms. The van der Waals surface area contributed by atoms with Crippen molar-refractivity contribution in [3.63, 3.8) is 0 Å². The van der Waals surface area contributed by atoms with Crippen LogP contribution in [0.3, 0.4) is 0 Å². The molecule has 0 radical (unpaired) electrons. The third-order valence-electron chi connectivity index (χ3n) is 4.66. The predicted octanol–water partition coefficient (Wildman–Crippen LogP) is 4.64. The molecular formula is C27H26N2O6. The number of methoxy groups -OCH3 is 1. The van der Waals surface area contributed by atoms with Gasteiger partial charge >= 0.3 is 5.97 Å². The number of rotatable bonds is 11. The summed E-state index contributed by atoms with van der Waals surface area (Å²) in [5.74, 6) is 1.03. The lowest BCUT2D eigenvalue weighted by atomic mass is 10.2. The van der Waals surface area contributed by atoms with E-state index in [1.807, 2.05) is 6.92 Å². The van der Waals surface area contributed by atoms with Crippen LogP contribution in [0.25, 0.3) is 0 Å². The van der Waals surface area contributed by atoms with Crippen LogP contribution in [0.2, 0.25) is 0 Å². The van der Waals surface area contributed by atoms with Gasteiger partial charge in [0.05, 0.1) is 25.5 Å². The summed E-state index contributed by atoms with van der Waals surface area (Å²) in [6.07, 6.45) is 3.11. The second-order valence-electron chi connectivity index (χ2n) is 7.08. The van der Waals surface area contributed by atoms with Crippen LogP contribution in [0.15, 0.2) is 84.5 Å². The lowest BCUT2D eigenvalue weighted by Gasteiger charge is -2.11. The van der Waals surface area contributed by atoms with Crippen LogP contribution in [0, 0.1) is 0 Å². The van der Waals surface area contributed by atoms with E-state index < -0.39 is 5.97 Å². The van der Waals surface area contributed by atoms with Crippen molar-refractivity contribution in [2.45, 2.75) is 6.92 Å². The molecule has 35 heavy (non-hydrogen) atoms. The maximum absolute atomic E-state index is 12.5. The Labute approximate surface area is 203 Å². The topological polar surface area (TPSA) is 95.5 Å². The quantitative estimate of drug-likeness (QED) is 0.143. The first-order chi connectivity index (χ1) is 17.0. The molecule has 0 spiro atoms. The van der Waals surface area contributed by atoms with Crippen molar-refractivity contribution in [2.24, 2.45) is 5.10 Å². The molecule has 0 aliphatic heterocycles. The smallest absolute Gasteiger partial charge is 0.343 e. The van der Waals surface area contributed by atoms with Crippen LogP contribution in [0.1, 0.15) is 33.2 Å². The minimum absolute atomic E-state index is 0.271. The van der Waals surface area contributed by atoms with Crippen LogP contribution < -0.4 is 24.4 Å². The second kappa shape index (κ2) is 12.6. The molecule has 8 heteroatoms. The molecule has 3 rings (SSSR count). The molecule has 180 valence electrons. The van der Waals surface area contributed by atoms with Gasteiger partial charge in [0, 0.05) is 5.56 Å². The Kier molecular flexibility index (Phi) is 9.01. The molecule has 3 aromatic carbocycles. The number of amides is 1. The maximum atomic E-state index is 12.5. The van der Waals surface area contributed by atoms with Gasteiger partial charge in [-0.25, -0.2) is 10.2 Å². The molecule has 0 aliphatic carbocycles. The lowest BCUT2D eigenvalue weighted by Crippen LogP contribution is -2.17. The molecule has 1 amide bonds. The van der Waals surface area contributed by atoms with Gasteiger partial charge in [-0.15, -0.1) is 0 Å². The Morgan fingerprint density at radius 2 is 1.60 bits per heavy atom. The van der Waals surface area contributed by atoms with Gasteiger partial charge in [0.1, 0.15) is 18.1 Å². The molecule has 0 saturated carbocycles. The van der Waals surface area contributed by atoms with Crippen molar-refractivity contribution in [1.29, 1.82) is 0 Å². The average Bonchev–Trinajstić information content (AvgIpc) is 2.89. The standard InChI is InChI=1S/C27H26N2O6/c1-4-16-34-23-13-7-20(8-14-23)26(30)29-28-18-19-6-15-24(25(17-19)33-5-2)35-27(31)21-9-11-22(32-3)12-10-21/h4,6-15,17-18H,1,5,16H2,2-3H3,(H,29,30)/b28-18-. The van der Waals surface area contributed by atoms with Gasteiger partial charge in [0.15, 0.2) is 11.5 Å².